The fourth-order valence-electron chi connectivity index (χ4n) is 2.48. The molecular formula is C16H11NO. The summed E-state index contributed by atoms with van der Waals surface area (Å²) in [6.45, 7) is 1.88. The molecule has 0 aliphatic carbocycles. The van der Waals surface area contributed by atoms with E-state index in [4.69, 9.17) is 4.42 Å². The van der Waals surface area contributed by atoms with Crippen LogP contribution in [0.15, 0.2) is 52.9 Å². The monoisotopic (exact) mass is 233 g/mol. The van der Waals surface area contributed by atoms with Gasteiger partial charge in [0.25, 0.3) is 0 Å². The van der Waals surface area contributed by atoms with Gasteiger partial charge >= 0.3 is 0 Å². The Morgan fingerprint density at radius 1 is 0.833 bits per heavy atom. The molecule has 1 heterocycles. The molecule has 0 amide bonds. The molecule has 0 radical (unpaired) electrons. The molecule has 1 aromatic heterocycles. The molecule has 3 aromatic carbocycles. The zero-order valence-corrected chi connectivity index (χ0v) is 9.97. The average molecular weight is 233 g/mol. The van der Waals surface area contributed by atoms with Crippen LogP contribution in [-0.4, -0.2) is 4.98 Å². The molecule has 0 fully saturated rings. The number of aryl methyl sites for hydroxylation is 1. The fraction of sp³-hybridized carbons (Fsp3) is 0.0625. The third-order valence-corrected chi connectivity index (χ3v) is 3.32. The van der Waals surface area contributed by atoms with Gasteiger partial charge in [-0.05, 0) is 45.8 Å². The summed E-state index contributed by atoms with van der Waals surface area (Å²) in [6, 6.07) is 16.9. The third-order valence-electron chi connectivity index (χ3n) is 3.32. The third kappa shape index (κ3) is 1.32. The molecule has 4 rings (SSSR count). The van der Waals surface area contributed by atoms with Gasteiger partial charge in [-0.1, -0.05) is 24.3 Å². The maximum atomic E-state index is 5.58. The van der Waals surface area contributed by atoms with Crippen LogP contribution in [-0.2, 0) is 0 Å². The van der Waals surface area contributed by atoms with Crippen LogP contribution in [0.3, 0.4) is 0 Å². The van der Waals surface area contributed by atoms with E-state index in [1.54, 1.807) is 0 Å². The maximum Gasteiger partial charge on any atom is 0.192 e. The van der Waals surface area contributed by atoms with Gasteiger partial charge in [0.05, 0.1) is 0 Å². The Labute approximate surface area is 104 Å². The van der Waals surface area contributed by atoms with Crippen molar-refractivity contribution in [3.63, 3.8) is 0 Å². The number of rotatable bonds is 0. The molecular weight excluding hydrogens is 222 g/mol. The molecule has 0 bridgehead atoms. The summed E-state index contributed by atoms with van der Waals surface area (Å²) in [5.74, 6) is 0.713. The molecule has 18 heavy (non-hydrogen) atoms. The largest absolute Gasteiger partial charge is 0.441 e. The molecule has 2 nitrogen and oxygen atoms in total. The molecule has 0 saturated carbocycles. The number of aromatic nitrogens is 1. The van der Waals surface area contributed by atoms with Gasteiger partial charge in [-0.3, -0.25) is 0 Å². The van der Waals surface area contributed by atoms with Crippen molar-refractivity contribution in [3.8, 4) is 0 Å². The van der Waals surface area contributed by atoms with Gasteiger partial charge in [-0.15, -0.1) is 0 Å². The highest BCUT2D eigenvalue weighted by Gasteiger charge is 2.05. The maximum absolute atomic E-state index is 5.58. The lowest BCUT2D eigenvalue weighted by Crippen LogP contribution is -1.77. The Morgan fingerprint density at radius 3 is 2.22 bits per heavy atom. The van der Waals surface area contributed by atoms with Gasteiger partial charge in [-0.2, -0.15) is 0 Å². The molecule has 0 N–H and O–H groups in total. The quantitative estimate of drug-likeness (QED) is 0.419. The molecule has 2 heteroatoms. The van der Waals surface area contributed by atoms with Crippen LogP contribution in [0, 0.1) is 6.92 Å². The predicted octanol–water partition coefficient (Wildman–Crippen LogP) is 4.44. The molecule has 0 aliphatic heterocycles. The Morgan fingerprint density at radius 2 is 1.50 bits per heavy atom. The van der Waals surface area contributed by atoms with E-state index in [0.29, 0.717) is 5.89 Å². The van der Waals surface area contributed by atoms with E-state index < -0.39 is 0 Å². The second kappa shape index (κ2) is 3.33. The normalized spacial score (nSPS) is 11.6. The summed E-state index contributed by atoms with van der Waals surface area (Å²) in [5, 5.41) is 4.90. The molecule has 0 saturated heterocycles. The Balaban J connectivity index is 2.19. The van der Waals surface area contributed by atoms with Crippen LogP contribution in [0.1, 0.15) is 5.89 Å². The van der Waals surface area contributed by atoms with Gasteiger partial charge < -0.3 is 4.42 Å². The highest BCUT2D eigenvalue weighted by Crippen LogP contribution is 2.27. The van der Waals surface area contributed by atoms with E-state index in [0.717, 1.165) is 11.1 Å². The Bertz CT molecular complexity index is 817. The van der Waals surface area contributed by atoms with E-state index in [-0.39, 0.29) is 0 Å². The van der Waals surface area contributed by atoms with Gasteiger partial charge in [0.1, 0.15) is 5.52 Å². The molecule has 0 spiro atoms. The van der Waals surface area contributed by atoms with E-state index in [1.165, 1.54) is 21.5 Å². The molecule has 0 atom stereocenters. The molecule has 86 valence electrons. The van der Waals surface area contributed by atoms with Crippen LogP contribution in [0.4, 0.5) is 0 Å². The van der Waals surface area contributed by atoms with Gasteiger partial charge in [-0.25, -0.2) is 4.98 Å². The van der Waals surface area contributed by atoms with Crippen LogP contribution in [0.5, 0.6) is 0 Å². The molecule has 0 aliphatic rings. The summed E-state index contributed by atoms with van der Waals surface area (Å²) in [4.78, 5) is 4.38. The van der Waals surface area contributed by atoms with E-state index >= 15 is 0 Å². The first-order valence-electron chi connectivity index (χ1n) is 5.99. The standard InChI is InChI=1S/C16H11NO/c1-10-17-15-8-13-6-11-4-2-3-5-12(11)7-14(13)9-16(15)18-10/h2-9H,1H3. The second-order valence-electron chi connectivity index (χ2n) is 4.60. The van der Waals surface area contributed by atoms with Crippen molar-refractivity contribution < 1.29 is 4.42 Å². The smallest absolute Gasteiger partial charge is 0.192 e. The number of hydrogen-bond donors (Lipinski definition) is 0. The first kappa shape index (κ1) is 9.66. The highest BCUT2D eigenvalue weighted by atomic mass is 16.3. The van der Waals surface area contributed by atoms with Crippen molar-refractivity contribution in [3.05, 3.63) is 54.4 Å². The SMILES string of the molecule is Cc1nc2cc3cc4ccccc4cc3cc2o1. The summed E-state index contributed by atoms with van der Waals surface area (Å²) >= 11 is 0. The molecule has 4 aromatic rings. The predicted molar refractivity (Wildman–Crippen MR) is 73.8 cm³/mol. The van der Waals surface area contributed by atoms with Crippen molar-refractivity contribution in [2.24, 2.45) is 0 Å². The number of nitrogens with zero attached hydrogens (tertiary/aromatic N) is 1. The zero-order chi connectivity index (χ0) is 12.1. The minimum absolute atomic E-state index is 0.713. The van der Waals surface area contributed by atoms with Gasteiger partial charge in [0.15, 0.2) is 11.5 Å². The van der Waals surface area contributed by atoms with Crippen LogP contribution < -0.4 is 0 Å². The van der Waals surface area contributed by atoms with Crippen molar-refractivity contribution in [1.29, 1.82) is 0 Å². The Kier molecular flexibility index (Phi) is 1.78. The van der Waals surface area contributed by atoms with Crippen molar-refractivity contribution in [1.82, 2.24) is 4.98 Å². The number of benzene rings is 3. The summed E-state index contributed by atoms with van der Waals surface area (Å²) in [6.07, 6.45) is 0. The minimum Gasteiger partial charge on any atom is -0.441 e. The first-order valence-corrected chi connectivity index (χ1v) is 5.99. The van der Waals surface area contributed by atoms with E-state index in [9.17, 15) is 0 Å². The number of oxazole rings is 1. The summed E-state index contributed by atoms with van der Waals surface area (Å²) < 4.78 is 5.58. The van der Waals surface area contributed by atoms with Crippen LogP contribution in [0.25, 0.3) is 32.6 Å². The number of fused-ring (bicyclic) bond motifs is 3. The fourth-order valence-corrected chi connectivity index (χ4v) is 2.48. The van der Waals surface area contributed by atoms with Crippen LogP contribution in [0.2, 0.25) is 0 Å². The van der Waals surface area contributed by atoms with E-state index in [2.05, 4.69) is 53.5 Å². The summed E-state index contributed by atoms with van der Waals surface area (Å²) in [5.41, 5.74) is 1.78. The lowest BCUT2D eigenvalue weighted by Gasteiger charge is -2.01. The average Bonchev–Trinajstić information content (AvgIpc) is 2.72. The highest BCUT2D eigenvalue weighted by molar-refractivity contribution is 6.02. The molecule has 0 unspecified atom stereocenters. The summed E-state index contributed by atoms with van der Waals surface area (Å²) in [7, 11) is 0. The van der Waals surface area contributed by atoms with Crippen LogP contribution >= 0.6 is 0 Å². The van der Waals surface area contributed by atoms with E-state index in [1.807, 2.05) is 6.92 Å². The minimum atomic E-state index is 0.713. The topological polar surface area (TPSA) is 26.0 Å². The second-order valence-corrected chi connectivity index (χ2v) is 4.60. The number of hydrogen-bond acceptors (Lipinski definition) is 2. The van der Waals surface area contributed by atoms with Crippen molar-refractivity contribution in [2.75, 3.05) is 0 Å². The lowest BCUT2D eigenvalue weighted by molar-refractivity contribution is 0.561. The van der Waals surface area contributed by atoms with Crippen molar-refractivity contribution >= 4 is 32.6 Å². The van der Waals surface area contributed by atoms with Crippen molar-refractivity contribution in [2.45, 2.75) is 6.92 Å². The van der Waals surface area contributed by atoms with Gasteiger partial charge in [0, 0.05) is 6.92 Å². The van der Waals surface area contributed by atoms with Gasteiger partial charge in [0.2, 0.25) is 0 Å². The lowest BCUT2D eigenvalue weighted by atomic mass is 10.0. The zero-order valence-electron chi connectivity index (χ0n) is 9.97. The first-order chi connectivity index (χ1) is 8.79. The Hall–Kier alpha value is -2.35.